The van der Waals surface area contributed by atoms with Gasteiger partial charge in [-0.2, -0.15) is 0 Å². The molecule has 1 aromatic rings. The molecule has 3 heteroatoms. The number of hydrogen-bond donors (Lipinski definition) is 1. The van der Waals surface area contributed by atoms with Crippen LogP contribution in [0.15, 0.2) is 0 Å². The summed E-state index contributed by atoms with van der Waals surface area (Å²) in [6.07, 6.45) is 11.0. The van der Waals surface area contributed by atoms with Crippen LogP contribution >= 0.6 is 11.3 Å². The Morgan fingerprint density at radius 1 is 1.20 bits per heavy atom. The van der Waals surface area contributed by atoms with Crippen LogP contribution in [-0.4, -0.2) is 11.5 Å². The van der Waals surface area contributed by atoms with E-state index >= 15 is 0 Å². The summed E-state index contributed by atoms with van der Waals surface area (Å²) in [4.78, 5) is 6.37. The summed E-state index contributed by atoms with van der Waals surface area (Å²) in [6.45, 7) is 7.77. The largest absolute Gasteiger partial charge is 0.309 e. The van der Waals surface area contributed by atoms with E-state index in [4.69, 9.17) is 4.98 Å². The van der Waals surface area contributed by atoms with Gasteiger partial charge in [0.1, 0.15) is 0 Å². The van der Waals surface area contributed by atoms with E-state index < -0.39 is 0 Å². The monoisotopic (exact) mass is 294 g/mol. The van der Waals surface area contributed by atoms with Gasteiger partial charge in [0, 0.05) is 16.8 Å². The topological polar surface area (TPSA) is 24.9 Å². The van der Waals surface area contributed by atoms with E-state index in [0.29, 0.717) is 6.04 Å². The standard InChI is InChI=1S/C17H30N2S/c1-4-12-18-13(2)16-14(3)19-17(20-16)15-10-8-6-5-7-9-11-15/h13,15,18H,4-12H2,1-3H3. The second-order valence-corrected chi connectivity index (χ2v) is 7.28. The van der Waals surface area contributed by atoms with Crippen molar-refractivity contribution in [2.24, 2.45) is 0 Å². The van der Waals surface area contributed by atoms with Crippen molar-refractivity contribution < 1.29 is 0 Å². The second kappa shape index (κ2) is 8.14. The highest BCUT2D eigenvalue weighted by Gasteiger charge is 2.20. The van der Waals surface area contributed by atoms with Gasteiger partial charge in [0.15, 0.2) is 0 Å². The minimum Gasteiger partial charge on any atom is -0.309 e. The highest BCUT2D eigenvalue weighted by molar-refractivity contribution is 7.11. The van der Waals surface area contributed by atoms with Crippen molar-refractivity contribution in [3.63, 3.8) is 0 Å². The fourth-order valence-corrected chi connectivity index (χ4v) is 4.43. The first-order chi connectivity index (χ1) is 9.72. The molecule has 0 aromatic carbocycles. The van der Waals surface area contributed by atoms with Crippen LogP contribution in [0.25, 0.3) is 0 Å². The highest BCUT2D eigenvalue weighted by atomic mass is 32.1. The molecule has 1 aromatic heterocycles. The Kier molecular flexibility index (Phi) is 6.50. The number of thiazole rings is 1. The van der Waals surface area contributed by atoms with Gasteiger partial charge in [-0.25, -0.2) is 4.98 Å². The van der Waals surface area contributed by atoms with Crippen LogP contribution in [0.2, 0.25) is 0 Å². The molecule has 1 aliphatic carbocycles. The van der Waals surface area contributed by atoms with Crippen molar-refractivity contribution >= 4 is 11.3 Å². The van der Waals surface area contributed by atoms with Crippen molar-refractivity contribution in [3.8, 4) is 0 Å². The van der Waals surface area contributed by atoms with E-state index in [1.807, 2.05) is 11.3 Å². The summed E-state index contributed by atoms with van der Waals surface area (Å²) in [5, 5.41) is 5.01. The Hall–Kier alpha value is -0.410. The number of nitrogens with one attached hydrogen (secondary N) is 1. The molecule has 1 atom stereocenters. The molecule has 0 amide bonds. The maximum absolute atomic E-state index is 4.91. The van der Waals surface area contributed by atoms with Crippen LogP contribution in [-0.2, 0) is 0 Å². The van der Waals surface area contributed by atoms with E-state index in [0.717, 1.165) is 12.5 Å². The first kappa shape index (κ1) is 16.0. The van der Waals surface area contributed by atoms with Gasteiger partial charge in [0.2, 0.25) is 0 Å². The molecule has 1 aliphatic rings. The van der Waals surface area contributed by atoms with Crippen molar-refractivity contribution in [1.82, 2.24) is 10.3 Å². The van der Waals surface area contributed by atoms with Gasteiger partial charge >= 0.3 is 0 Å². The second-order valence-electron chi connectivity index (χ2n) is 6.22. The highest BCUT2D eigenvalue weighted by Crippen LogP contribution is 2.36. The van der Waals surface area contributed by atoms with Crippen molar-refractivity contribution in [2.45, 2.75) is 84.1 Å². The zero-order valence-electron chi connectivity index (χ0n) is 13.4. The fraction of sp³-hybridized carbons (Fsp3) is 0.824. The molecule has 1 heterocycles. The maximum Gasteiger partial charge on any atom is 0.0962 e. The minimum atomic E-state index is 0.453. The smallest absolute Gasteiger partial charge is 0.0962 e. The van der Waals surface area contributed by atoms with Gasteiger partial charge in [0.05, 0.1) is 10.7 Å². The predicted octanol–water partition coefficient (Wildman–Crippen LogP) is 5.34. The fourth-order valence-electron chi connectivity index (χ4n) is 3.16. The van der Waals surface area contributed by atoms with Crippen LogP contribution in [0, 0.1) is 6.92 Å². The number of aromatic nitrogens is 1. The third kappa shape index (κ3) is 4.29. The lowest BCUT2D eigenvalue weighted by atomic mass is 9.92. The molecule has 114 valence electrons. The summed E-state index contributed by atoms with van der Waals surface area (Å²) < 4.78 is 0. The Labute approximate surface area is 128 Å². The summed E-state index contributed by atoms with van der Waals surface area (Å²) in [6, 6.07) is 0.453. The van der Waals surface area contributed by atoms with Gasteiger partial charge < -0.3 is 5.32 Å². The molecule has 0 radical (unpaired) electrons. The van der Waals surface area contributed by atoms with E-state index in [9.17, 15) is 0 Å². The molecular formula is C17H30N2S. The summed E-state index contributed by atoms with van der Waals surface area (Å²) in [5.74, 6) is 0.728. The first-order valence-corrected chi connectivity index (χ1v) is 9.24. The van der Waals surface area contributed by atoms with Gasteiger partial charge in [-0.1, -0.05) is 39.0 Å². The van der Waals surface area contributed by atoms with Crippen molar-refractivity contribution in [3.05, 3.63) is 15.6 Å². The SMILES string of the molecule is CCCNC(C)c1sc(C2CCCCCCC2)nc1C. The van der Waals surface area contributed by atoms with Gasteiger partial charge in [0.25, 0.3) is 0 Å². The Balaban J connectivity index is 2.04. The predicted molar refractivity (Wildman–Crippen MR) is 88.6 cm³/mol. The Morgan fingerprint density at radius 2 is 1.85 bits per heavy atom. The Morgan fingerprint density at radius 3 is 2.50 bits per heavy atom. The molecule has 2 nitrogen and oxygen atoms in total. The lowest BCUT2D eigenvalue weighted by Crippen LogP contribution is -2.18. The first-order valence-electron chi connectivity index (χ1n) is 8.43. The molecule has 2 rings (SSSR count). The molecule has 0 saturated heterocycles. The van der Waals surface area contributed by atoms with Crippen LogP contribution in [0.4, 0.5) is 0 Å². The summed E-state index contributed by atoms with van der Waals surface area (Å²) >= 11 is 1.97. The third-order valence-corrected chi connectivity index (χ3v) is 5.90. The normalized spacial score (nSPS) is 19.6. The lowest BCUT2D eigenvalue weighted by Gasteiger charge is -2.17. The van der Waals surface area contributed by atoms with E-state index in [1.54, 1.807) is 0 Å². The molecule has 1 unspecified atom stereocenters. The molecule has 0 aliphatic heterocycles. The summed E-state index contributed by atoms with van der Waals surface area (Å²) in [5.41, 5.74) is 1.25. The average molecular weight is 295 g/mol. The van der Waals surface area contributed by atoms with Crippen LogP contribution in [0.3, 0.4) is 0 Å². The van der Waals surface area contributed by atoms with Gasteiger partial charge in [-0.3, -0.25) is 0 Å². The molecule has 1 N–H and O–H groups in total. The van der Waals surface area contributed by atoms with E-state index in [1.165, 1.54) is 66.9 Å². The number of rotatable bonds is 5. The quantitative estimate of drug-likeness (QED) is 0.793. The van der Waals surface area contributed by atoms with Crippen LogP contribution < -0.4 is 5.32 Å². The molecule has 0 bridgehead atoms. The number of aryl methyl sites for hydroxylation is 1. The average Bonchev–Trinajstić information content (AvgIpc) is 2.77. The minimum absolute atomic E-state index is 0.453. The summed E-state index contributed by atoms with van der Waals surface area (Å²) in [7, 11) is 0. The molecule has 0 spiro atoms. The van der Waals surface area contributed by atoms with Crippen molar-refractivity contribution in [2.75, 3.05) is 6.54 Å². The zero-order valence-corrected chi connectivity index (χ0v) is 14.2. The molecule has 1 fully saturated rings. The van der Waals surface area contributed by atoms with Crippen molar-refractivity contribution in [1.29, 1.82) is 0 Å². The molecule has 20 heavy (non-hydrogen) atoms. The Bertz CT molecular complexity index is 392. The van der Waals surface area contributed by atoms with Gasteiger partial charge in [-0.05, 0) is 39.7 Å². The molecular weight excluding hydrogens is 264 g/mol. The number of hydrogen-bond acceptors (Lipinski definition) is 3. The van der Waals surface area contributed by atoms with Crippen LogP contribution in [0.1, 0.15) is 92.8 Å². The van der Waals surface area contributed by atoms with Gasteiger partial charge in [-0.15, -0.1) is 11.3 Å². The lowest BCUT2D eigenvalue weighted by molar-refractivity contribution is 0.454. The molecule has 1 saturated carbocycles. The zero-order chi connectivity index (χ0) is 14.4. The number of nitrogens with zero attached hydrogens (tertiary/aromatic N) is 1. The third-order valence-electron chi connectivity index (χ3n) is 4.40. The van der Waals surface area contributed by atoms with E-state index in [2.05, 4.69) is 26.1 Å². The maximum atomic E-state index is 4.91. The van der Waals surface area contributed by atoms with E-state index in [-0.39, 0.29) is 0 Å². The van der Waals surface area contributed by atoms with Crippen LogP contribution in [0.5, 0.6) is 0 Å².